The molecule has 2 aromatic carbocycles. The van der Waals surface area contributed by atoms with Gasteiger partial charge in [0, 0.05) is 28.4 Å². The van der Waals surface area contributed by atoms with Crippen molar-refractivity contribution in [3.05, 3.63) is 59.1 Å². The molecule has 6 heteroatoms. The van der Waals surface area contributed by atoms with Crippen molar-refractivity contribution >= 4 is 34.8 Å². The van der Waals surface area contributed by atoms with Crippen molar-refractivity contribution in [2.45, 2.75) is 26.2 Å². The number of halogens is 1. The maximum Gasteiger partial charge on any atom is 0.255 e. The van der Waals surface area contributed by atoms with Gasteiger partial charge in [-0.2, -0.15) is 0 Å². The smallest absolute Gasteiger partial charge is 0.255 e. The van der Waals surface area contributed by atoms with Gasteiger partial charge in [-0.25, -0.2) is 0 Å². The zero-order chi connectivity index (χ0) is 19.9. The molecule has 148 valence electrons. The number of carbonyl (C=O) groups is 2. The minimum absolute atomic E-state index is 0.0315. The van der Waals surface area contributed by atoms with Crippen LogP contribution in [0.4, 0.5) is 11.4 Å². The van der Waals surface area contributed by atoms with Crippen LogP contribution in [0.3, 0.4) is 0 Å². The Morgan fingerprint density at radius 1 is 1.00 bits per heavy atom. The van der Waals surface area contributed by atoms with E-state index in [2.05, 4.69) is 22.9 Å². The molecule has 5 nitrogen and oxygen atoms in total. The second kappa shape index (κ2) is 9.71. The number of carbonyl (C=O) groups excluding carboxylic acids is 2. The van der Waals surface area contributed by atoms with Gasteiger partial charge in [-0.15, -0.1) is 0 Å². The van der Waals surface area contributed by atoms with Crippen LogP contribution in [0.25, 0.3) is 0 Å². The zero-order valence-electron chi connectivity index (χ0n) is 16.0. The van der Waals surface area contributed by atoms with Crippen molar-refractivity contribution in [3.63, 3.8) is 0 Å². The molecule has 0 aromatic heterocycles. The van der Waals surface area contributed by atoms with Crippen LogP contribution < -0.4 is 16.0 Å². The molecule has 3 rings (SSSR count). The Labute approximate surface area is 170 Å². The van der Waals surface area contributed by atoms with Crippen LogP contribution in [0.1, 0.15) is 36.5 Å². The van der Waals surface area contributed by atoms with Crippen molar-refractivity contribution < 1.29 is 9.59 Å². The summed E-state index contributed by atoms with van der Waals surface area (Å²) in [5.41, 5.74) is 1.93. The van der Waals surface area contributed by atoms with Crippen molar-refractivity contribution in [2.24, 2.45) is 11.8 Å². The Balaban J connectivity index is 1.50. The van der Waals surface area contributed by atoms with E-state index in [1.807, 2.05) is 0 Å². The number of anilines is 2. The average Bonchev–Trinajstić information content (AvgIpc) is 2.70. The highest BCUT2D eigenvalue weighted by Gasteiger charge is 2.22. The van der Waals surface area contributed by atoms with E-state index in [1.165, 1.54) is 0 Å². The van der Waals surface area contributed by atoms with Crippen LogP contribution in [0.5, 0.6) is 0 Å². The van der Waals surface area contributed by atoms with Crippen molar-refractivity contribution in [2.75, 3.05) is 23.7 Å². The first-order valence-corrected chi connectivity index (χ1v) is 10.1. The van der Waals surface area contributed by atoms with Crippen LogP contribution in [-0.4, -0.2) is 24.9 Å². The number of piperidine rings is 1. The molecule has 1 atom stereocenters. The third-order valence-corrected chi connectivity index (χ3v) is 5.48. The van der Waals surface area contributed by atoms with E-state index >= 15 is 0 Å². The van der Waals surface area contributed by atoms with E-state index in [1.54, 1.807) is 48.5 Å². The highest BCUT2D eigenvalue weighted by Crippen LogP contribution is 2.25. The average molecular weight is 400 g/mol. The van der Waals surface area contributed by atoms with Crippen LogP contribution in [0, 0.1) is 11.8 Å². The summed E-state index contributed by atoms with van der Waals surface area (Å²) < 4.78 is 0. The molecule has 28 heavy (non-hydrogen) atoms. The molecule has 0 radical (unpaired) electrons. The highest BCUT2D eigenvalue weighted by atomic mass is 35.5. The van der Waals surface area contributed by atoms with Crippen LogP contribution in [0.2, 0.25) is 5.02 Å². The summed E-state index contributed by atoms with van der Waals surface area (Å²) in [6.07, 6.45) is 2.80. The Bertz CT molecular complexity index is 800. The van der Waals surface area contributed by atoms with E-state index in [-0.39, 0.29) is 11.8 Å². The van der Waals surface area contributed by atoms with Crippen molar-refractivity contribution in [1.29, 1.82) is 0 Å². The minimum atomic E-state index is -0.204. The molecule has 2 amide bonds. The molecule has 2 aromatic rings. The number of nitrogens with one attached hydrogen (secondary N) is 3. The molecule has 0 bridgehead atoms. The molecule has 1 unspecified atom stereocenters. The predicted molar refractivity (Wildman–Crippen MR) is 114 cm³/mol. The maximum atomic E-state index is 12.3. The summed E-state index contributed by atoms with van der Waals surface area (Å²) in [4.78, 5) is 24.6. The Morgan fingerprint density at radius 2 is 1.57 bits per heavy atom. The standard InChI is InChI=1S/C22H26ClN3O2/c1-15(16-10-12-24-13-11-16)14-21(27)25-19-6-8-20(9-7-19)26-22(28)17-2-4-18(23)5-3-17/h2-9,15-16,24H,10-14H2,1H3,(H,25,27)(H,26,28). The normalized spacial score (nSPS) is 15.6. The lowest BCUT2D eigenvalue weighted by molar-refractivity contribution is -0.117. The van der Waals surface area contributed by atoms with Gasteiger partial charge in [-0.1, -0.05) is 18.5 Å². The molecule has 1 aliphatic heterocycles. The van der Waals surface area contributed by atoms with E-state index in [9.17, 15) is 9.59 Å². The van der Waals surface area contributed by atoms with Crippen molar-refractivity contribution in [3.8, 4) is 0 Å². The zero-order valence-corrected chi connectivity index (χ0v) is 16.8. The van der Waals surface area contributed by atoms with Gasteiger partial charge in [0.2, 0.25) is 5.91 Å². The summed E-state index contributed by atoms with van der Waals surface area (Å²) in [6, 6.07) is 13.9. The lowest BCUT2D eigenvalue weighted by Gasteiger charge is -2.27. The third kappa shape index (κ3) is 5.81. The van der Waals surface area contributed by atoms with E-state index in [4.69, 9.17) is 11.6 Å². The quantitative estimate of drug-likeness (QED) is 0.667. The molecule has 3 N–H and O–H groups in total. The fourth-order valence-electron chi connectivity index (χ4n) is 3.53. The number of amides is 2. The highest BCUT2D eigenvalue weighted by molar-refractivity contribution is 6.30. The molecular weight excluding hydrogens is 374 g/mol. The molecule has 1 fully saturated rings. The first kappa shape index (κ1) is 20.4. The van der Waals surface area contributed by atoms with Crippen LogP contribution >= 0.6 is 11.6 Å². The van der Waals surface area contributed by atoms with E-state index in [0.717, 1.165) is 31.6 Å². The molecule has 1 saturated heterocycles. The minimum Gasteiger partial charge on any atom is -0.326 e. The van der Waals surface area contributed by atoms with Gasteiger partial charge in [-0.05, 0) is 86.3 Å². The predicted octanol–water partition coefficient (Wildman–Crippen LogP) is 4.56. The third-order valence-electron chi connectivity index (χ3n) is 5.23. The summed E-state index contributed by atoms with van der Waals surface area (Å²) >= 11 is 5.84. The molecule has 0 aliphatic carbocycles. The Hall–Kier alpha value is -2.37. The maximum absolute atomic E-state index is 12.3. The first-order valence-electron chi connectivity index (χ1n) is 9.69. The molecule has 0 spiro atoms. The molecule has 1 aliphatic rings. The Morgan fingerprint density at radius 3 is 2.18 bits per heavy atom. The number of benzene rings is 2. The molecule has 0 saturated carbocycles. The molecule has 1 heterocycles. The number of hydrogen-bond donors (Lipinski definition) is 3. The molecular formula is C22H26ClN3O2. The van der Waals surface area contributed by atoms with Crippen molar-refractivity contribution in [1.82, 2.24) is 5.32 Å². The summed E-state index contributed by atoms with van der Waals surface area (Å²) in [5.74, 6) is 0.811. The van der Waals surface area contributed by atoms with Gasteiger partial charge in [0.05, 0.1) is 0 Å². The first-order chi connectivity index (χ1) is 13.5. The van der Waals surface area contributed by atoms with Gasteiger partial charge in [0.15, 0.2) is 0 Å². The van der Waals surface area contributed by atoms with E-state index in [0.29, 0.717) is 34.5 Å². The largest absolute Gasteiger partial charge is 0.326 e. The second-order valence-electron chi connectivity index (χ2n) is 7.36. The number of rotatable bonds is 6. The monoisotopic (exact) mass is 399 g/mol. The van der Waals surface area contributed by atoms with Crippen LogP contribution in [-0.2, 0) is 4.79 Å². The topological polar surface area (TPSA) is 70.2 Å². The van der Waals surface area contributed by atoms with Gasteiger partial charge in [0.1, 0.15) is 0 Å². The summed E-state index contributed by atoms with van der Waals surface area (Å²) in [6.45, 7) is 4.24. The SMILES string of the molecule is CC(CC(=O)Nc1ccc(NC(=O)c2ccc(Cl)cc2)cc1)C1CCNCC1. The summed E-state index contributed by atoms with van der Waals surface area (Å²) in [5, 5.41) is 9.73. The lowest BCUT2D eigenvalue weighted by Crippen LogP contribution is -2.32. The van der Waals surface area contributed by atoms with Gasteiger partial charge in [-0.3, -0.25) is 9.59 Å². The van der Waals surface area contributed by atoms with E-state index < -0.39 is 0 Å². The Kier molecular flexibility index (Phi) is 7.06. The fourth-order valence-corrected chi connectivity index (χ4v) is 3.65. The van der Waals surface area contributed by atoms with Gasteiger partial charge in [0.25, 0.3) is 5.91 Å². The lowest BCUT2D eigenvalue weighted by atomic mass is 9.84. The fraction of sp³-hybridized carbons (Fsp3) is 0.364. The number of hydrogen-bond acceptors (Lipinski definition) is 3. The van der Waals surface area contributed by atoms with Gasteiger partial charge >= 0.3 is 0 Å². The summed E-state index contributed by atoms with van der Waals surface area (Å²) in [7, 11) is 0. The van der Waals surface area contributed by atoms with Crippen LogP contribution in [0.15, 0.2) is 48.5 Å². The van der Waals surface area contributed by atoms with Gasteiger partial charge < -0.3 is 16.0 Å². The second-order valence-corrected chi connectivity index (χ2v) is 7.79.